The third-order valence-corrected chi connectivity index (χ3v) is 2.95. The van der Waals surface area contributed by atoms with Crippen molar-refractivity contribution in [2.75, 3.05) is 11.9 Å². The molecule has 1 aromatic carbocycles. The number of rotatable bonds is 4. The summed E-state index contributed by atoms with van der Waals surface area (Å²) in [5, 5.41) is 6.24. The summed E-state index contributed by atoms with van der Waals surface area (Å²) >= 11 is 0. The summed E-state index contributed by atoms with van der Waals surface area (Å²) in [5.74, 6) is 0.0496. The summed E-state index contributed by atoms with van der Waals surface area (Å²) in [6.45, 7) is 5.54. The minimum Gasteiger partial charge on any atom is -0.326 e. The van der Waals surface area contributed by atoms with Crippen molar-refractivity contribution in [3.8, 4) is 0 Å². The summed E-state index contributed by atoms with van der Waals surface area (Å²) in [7, 11) is 0. The first-order valence-electron chi connectivity index (χ1n) is 6.03. The Morgan fingerprint density at radius 2 is 2.16 bits per heavy atom. The predicted molar refractivity (Wildman–Crippen MR) is 84.4 cm³/mol. The van der Waals surface area contributed by atoms with Gasteiger partial charge in [-0.1, -0.05) is 12.1 Å². The molecule has 0 spiro atoms. The highest BCUT2D eigenvalue weighted by Gasteiger charge is 2.09. The smallest absolute Gasteiger partial charge is 0.224 e. The Morgan fingerprint density at radius 1 is 1.37 bits per heavy atom. The van der Waals surface area contributed by atoms with E-state index in [1.165, 1.54) is 11.1 Å². The Balaban J connectivity index is 0.00000162. The maximum Gasteiger partial charge on any atom is 0.224 e. The molecule has 1 aliphatic heterocycles. The third kappa shape index (κ3) is 5.23. The molecule has 19 heavy (non-hydrogen) atoms. The van der Waals surface area contributed by atoms with Gasteiger partial charge in [0.05, 0.1) is 0 Å². The first-order chi connectivity index (χ1) is 8.29. The summed E-state index contributed by atoms with van der Waals surface area (Å²) in [4.78, 5) is 11.6. The molecule has 0 aromatic heterocycles. The Bertz CT molecular complexity index is 435. The zero-order valence-corrected chi connectivity index (χ0v) is 12.4. The summed E-state index contributed by atoms with van der Waals surface area (Å²) < 4.78 is 0. The van der Waals surface area contributed by atoms with E-state index < -0.39 is 0 Å². The lowest BCUT2D eigenvalue weighted by molar-refractivity contribution is -0.116. The van der Waals surface area contributed by atoms with Gasteiger partial charge in [-0.3, -0.25) is 4.79 Å². The second-order valence-corrected chi connectivity index (χ2v) is 4.29. The molecular formula is C14H20Cl2N2O. The Labute approximate surface area is 126 Å². The van der Waals surface area contributed by atoms with Crippen LogP contribution in [0.25, 0.3) is 0 Å². The van der Waals surface area contributed by atoms with Crippen LogP contribution in [0.15, 0.2) is 30.9 Å². The van der Waals surface area contributed by atoms with Crippen LogP contribution in [0.5, 0.6) is 0 Å². The van der Waals surface area contributed by atoms with Crippen molar-refractivity contribution < 1.29 is 4.79 Å². The molecule has 0 bridgehead atoms. The standard InChI is InChI=1S/C14H18N2O.2ClH/c1-2-3-4-14(17)16-13-6-5-11-7-8-15-10-12(11)9-13;;/h2,5-6,9,15H,1,3-4,7-8,10H2,(H,16,17);2*1H. The fraction of sp³-hybridized carbons (Fsp3) is 0.357. The number of carbonyl (C=O) groups is 1. The molecule has 0 aliphatic carbocycles. The molecule has 0 saturated carbocycles. The van der Waals surface area contributed by atoms with Gasteiger partial charge in [0.1, 0.15) is 0 Å². The van der Waals surface area contributed by atoms with Crippen LogP contribution in [0, 0.1) is 0 Å². The van der Waals surface area contributed by atoms with Gasteiger partial charge >= 0.3 is 0 Å². The third-order valence-electron chi connectivity index (χ3n) is 2.95. The van der Waals surface area contributed by atoms with Crippen LogP contribution in [-0.2, 0) is 17.8 Å². The van der Waals surface area contributed by atoms with Crippen molar-refractivity contribution in [2.45, 2.75) is 25.8 Å². The number of allylic oxidation sites excluding steroid dienone is 1. The molecule has 5 heteroatoms. The van der Waals surface area contributed by atoms with Crippen molar-refractivity contribution in [1.29, 1.82) is 0 Å². The number of amides is 1. The van der Waals surface area contributed by atoms with Gasteiger partial charge in [0.15, 0.2) is 0 Å². The maximum absolute atomic E-state index is 11.6. The number of anilines is 1. The van der Waals surface area contributed by atoms with Crippen LogP contribution in [0.4, 0.5) is 5.69 Å². The van der Waals surface area contributed by atoms with Gasteiger partial charge in [-0.2, -0.15) is 0 Å². The van der Waals surface area contributed by atoms with Crippen LogP contribution in [0.1, 0.15) is 24.0 Å². The molecule has 2 rings (SSSR count). The first kappa shape index (κ1) is 18.0. The average Bonchev–Trinajstić information content (AvgIpc) is 2.36. The van der Waals surface area contributed by atoms with E-state index >= 15 is 0 Å². The molecular weight excluding hydrogens is 283 g/mol. The molecule has 0 atom stereocenters. The lowest BCUT2D eigenvalue weighted by Gasteiger charge is -2.18. The second-order valence-electron chi connectivity index (χ2n) is 4.29. The van der Waals surface area contributed by atoms with E-state index in [-0.39, 0.29) is 30.7 Å². The number of halogens is 2. The van der Waals surface area contributed by atoms with Gasteiger partial charge in [-0.25, -0.2) is 0 Å². The molecule has 0 fully saturated rings. The van der Waals surface area contributed by atoms with Crippen LogP contribution >= 0.6 is 24.8 Å². The van der Waals surface area contributed by atoms with Gasteiger partial charge in [0.2, 0.25) is 5.91 Å². The summed E-state index contributed by atoms with van der Waals surface area (Å²) in [6, 6.07) is 6.16. The van der Waals surface area contributed by atoms with Gasteiger partial charge in [-0.15, -0.1) is 31.4 Å². The van der Waals surface area contributed by atoms with Crippen molar-refractivity contribution >= 4 is 36.4 Å². The molecule has 2 N–H and O–H groups in total. The lowest BCUT2D eigenvalue weighted by atomic mass is 10.0. The molecule has 0 radical (unpaired) electrons. The van der Waals surface area contributed by atoms with Gasteiger partial charge in [0.25, 0.3) is 0 Å². The topological polar surface area (TPSA) is 41.1 Å². The van der Waals surface area contributed by atoms with Crippen LogP contribution in [0.3, 0.4) is 0 Å². The lowest BCUT2D eigenvalue weighted by Crippen LogP contribution is -2.23. The van der Waals surface area contributed by atoms with Gasteiger partial charge < -0.3 is 10.6 Å². The molecule has 0 saturated heterocycles. The minimum atomic E-state index is 0. The molecule has 3 nitrogen and oxygen atoms in total. The summed E-state index contributed by atoms with van der Waals surface area (Å²) in [5.41, 5.74) is 3.56. The van der Waals surface area contributed by atoms with E-state index in [4.69, 9.17) is 0 Å². The Hall–Kier alpha value is -1.03. The zero-order valence-electron chi connectivity index (χ0n) is 10.8. The maximum atomic E-state index is 11.6. The number of hydrogen-bond acceptors (Lipinski definition) is 2. The van der Waals surface area contributed by atoms with E-state index in [1.54, 1.807) is 6.08 Å². The normalized spacial score (nSPS) is 12.4. The fourth-order valence-corrected chi connectivity index (χ4v) is 2.01. The monoisotopic (exact) mass is 302 g/mol. The zero-order chi connectivity index (χ0) is 12.1. The second kappa shape index (κ2) is 8.97. The van der Waals surface area contributed by atoms with Crippen molar-refractivity contribution in [3.05, 3.63) is 42.0 Å². The van der Waals surface area contributed by atoms with E-state index in [0.717, 1.165) is 31.6 Å². The molecule has 1 heterocycles. The van der Waals surface area contributed by atoms with Crippen LogP contribution in [-0.4, -0.2) is 12.5 Å². The quantitative estimate of drug-likeness (QED) is 0.839. The highest BCUT2D eigenvalue weighted by Crippen LogP contribution is 2.19. The number of benzene rings is 1. The Morgan fingerprint density at radius 3 is 2.89 bits per heavy atom. The molecule has 1 aliphatic rings. The SMILES string of the molecule is C=CCCC(=O)Nc1ccc2c(c1)CNCC2.Cl.Cl. The van der Waals surface area contributed by atoms with E-state index in [1.807, 2.05) is 6.07 Å². The number of hydrogen-bond donors (Lipinski definition) is 2. The highest BCUT2D eigenvalue weighted by atomic mass is 35.5. The van der Waals surface area contributed by atoms with E-state index in [9.17, 15) is 4.79 Å². The van der Waals surface area contributed by atoms with Gasteiger partial charge in [-0.05, 0) is 42.6 Å². The minimum absolute atomic E-state index is 0. The van der Waals surface area contributed by atoms with Gasteiger partial charge in [0, 0.05) is 18.7 Å². The van der Waals surface area contributed by atoms with E-state index in [0.29, 0.717) is 6.42 Å². The molecule has 1 amide bonds. The van der Waals surface area contributed by atoms with Crippen molar-refractivity contribution in [3.63, 3.8) is 0 Å². The molecule has 1 aromatic rings. The highest BCUT2D eigenvalue weighted by molar-refractivity contribution is 5.90. The van der Waals surface area contributed by atoms with Crippen molar-refractivity contribution in [1.82, 2.24) is 5.32 Å². The first-order valence-corrected chi connectivity index (χ1v) is 6.03. The number of fused-ring (bicyclic) bond motifs is 1. The Kier molecular flexibility index (Phi) is 8.48. The van der Waals surface area contributed by atoms with Crippen LogP contribution in [0.2, 0.25) is 0 Å². The largest absolute Gasteiger partial charge is 0.326 e. The van der Waals surface area contributed by atoms with Crippen LogP contribution < -0.4 is 10.6 Å². The number of carbonyl (C=O) groups excluding carboxylic acids is 1. The van der Waals surface area contributed by atoms with E-state index in [2.05, 4.69) is 29.3 Å². The fourth-order valence-electron chi connectivity index (χ4n) is 2.01. The molecule has 106 valence electrons. The average molecular weight is 303 g/mol. The van der Waals surface area contributed by atoms with Crippen molar-refractivity contribution in [2.24, 2.45) is 0 Å². The summed E-state index contributed by atoms with van der Waals surface area (Å²) in [6.07, 6.45) is 4.05. The predicted octanol–water partition coefficient (Wildman–Crippen LogP) is 3.08. The molecule has 0 unspecified atom stereocenters. The number of nitrogens with one attached hydrogen (secondary N) is 2.